The Morgan fingerprint density at radius 1 is 0.963 bits per heavy atom. The first-order valence-electron chi connectivity index (χ1n) is 8.71. The molecule has 1 aromatic heterocycles. The molecule has 142 valence electrons. The molecule has 0 bridgehead atoms. The van der Waals surface area contributed by atoms with Gasteiger partial charge in [-0.2, -0.15) is 5.10 Å². The maximum Gasteiger partial charge on any atom is 0.274 e. The summed E-state index contributed by atoms with van der Waals surface area (Å²) in [5.41, 5.74) is 2.33. The van der Waals surface area contributed by atoms with Gasteiger partial charge in [-0.25, -0.2) is 5.10 Å². The highest BCUT2D eigenvalue weighted by molar-refractivity contribution is 5.97. The fourth-order valence-electron chi connectivity index (χ4n) is 3.16. The molecule has 1 aliphatic rings. The van der Waals surface area contributed by atoms with E-state index in [1.807, 2.05) is 13.8 Å². The summed E-state index contributed by atoms with van der Waals surface area (Å²) >= 11 is 0. The number of benzene rings is 1. The normalized spacial score (nSPS) is 14.2. The van der Waals surface area contributed by atoms with Gasteiger partial charge in [-0.05, 0) is 43.2 Å². The molecule has 27 heavy (non-hydrogen) atoms. The van der Waals surface area contributed by atoms with Gasteiger partial charge in [0.05, 0.1) is 7.11 Å². The van der Waals surface area contributed by atoms with E-state index in [1.54, 1.807) is 29.0 Å². The highest BCUT2D eigenvalue weighted by atomic mass is 16.5. The van der Waals surface area contributed by atoms with E-state index in [1.165, 1.54) is 12.1 Å². The van der Waals surface area contributed by atoms with Crippen LogP contribution in [0.3, 0.4) is 0 Å². The summed E-state index contributed by atoms with van der Waals surface area (Å²) in [5.74, 6) is 0.454. The molecule has 2 heterocycles. The molecule has 0 atom stereocenters. The number of methoxy groups -OCH3 is 1. The minimum Gasteiger partial charge on any atom is -0.496 e. The Morgan fingerprint density at radius 3 is 2.15 bits per heavy atom. The van der Waals surface area contributed by atoms with Crippen molar-refractivity contribution >= 4 is 11.8 Å². The van der Waals surface area contributed by atoms with E-state index < -0.39 is 0 Å². The molecule has 0 spiro atoms. The molecule has 3 rings (SSSR count). The van der Waals surface area contributed by atoms with Gasteiger partial charge in [0.15, 0.2) is 0 Å². The summed E-state index contributed by atoms with van der Waals surface area (Å²) in [6, 6.07) is 6.26. The quantitative estimate of drug-likeness (QED) is 0.869. The fraction of sp³-hybridized carbons (Fsp3) is 0.368. The highest BCUT2D eigenvalue weighted by Gasteiger charge is 2.27. The van der Waals surface area contributed by atoms with Crippen LogP contribution < -0.4 is 10.3 Å². The van der Waals surface area contributed by atoms with Crippen LogP contribution in [-0.2, 0) is 0 Å². The van der Waals surface area contributed by atoms with Crippen molar-refractivity contribution < 1.29 is 14.3 Å². The lowest BCUT2D eigenvalue weighted by molar-refractivity contribution is 0.0531. The molecule has 0 unspecified atom stereocenters. The van der Waals surface area contributed by atoms with E-state index in [9.17, 15) is 14.4 Å². The predicted molar refractivity (Wildman–Crippen MR) is 99.1 cm³/mol. The Bertz CT molecular complexity index is 909. The summed E-state index contributed by atoms with van der Waals surface area (Å²) in [4.78, 5) is 39.8. The number of H-pyrrole nitrogens is 1. The molecule has 8 heteroatoms. The minimum atomic E-state index is -0.355. The summed E-state index contributed by atoms with van der Waals surface area (Å²) < 4.78 is 5.30. The number of hydrogen-bond donors (Lipinski definition) is 1. The van der Waals surface area contributed by atoms with E-state index in [2.05, 4.69) is 10.2 Å². The third kappa shape index (κ3) is 3.69. The van der Waals surface area contributed by atoms with E-state index in [-0.39, 0.29) is 23.1 Å². The SMILES string of the molecule is COc1ccc(C(=O)N2CCN(C(=O)c3ccc(=O)[nH]n3)CC2)c(C)c1C. The zero-order valence-electron chi connectivity index (χ0n) is 15.6. The standard InChI is InChI=1S/C19H22N4O4/c1-12-13(2)16(27-3)6-4-14(12)18(25)22-8-10-23(11-9-22)19(26)15-5-7-17(24)21-20-15/h4-7H,8-11H2,1-3H3,(H,21,24). The Hall–Kier alpha value is -3.16. The van der Waals surface area contributed by atoms with E-state index in [4.69, 9.17) is 4.74 Å². The van der Waals surface area contributed by atoms with Gasteiger partial charge in [0, 0.05) is 37.8 Å². The van der Waals surface area contributed by atoms with Gasteiger partial charge in [0.2, 0.25) is 0 Å². The maximum atomic E-state index is 12.9. The second-order valence-electron chi connectivity index (χ2n) is 6.46. The van der Waals surface area contributed by atoms with Crippen LogP contribution in [0, 0.1) is 13.8 Å². The lowest BCUT2D eigenvalue weighted by Gasteiger charge is -2.35. The lowest BCUT2D eigenvalue weighted by Crippen LogP contribution is -2.51. The lowest BCUT2D eigenvalue weighted by atomic mass is 10.0. The third-order valence-corrected chi connectivity index (χ3v) is 4.94. The second-order valence-corrected chi connectivity index (χ2v) is 6.46. The van der Waals surface area contributed by atoms with Gasteiger partial charge < -0.3 is 14.5 Å². The zero-order chi connectivity index (χ0) is 19.6. The van der Waals surface area contributed by atoms with Crippen LogP contribution in [0.15, 0.2) is 29.1 Å². The van der Waals surface area contributed by atoms with Crippen LogP contribution in [0.4, 0.5) is 0 Å². The zero-order valence-corrected chi connectivity index (χ0v) is 15.6. The number of piperazine rings is 1. The molecule has 2 aromatic rings. The molecule has 2 amide bonds. The molecule has 1 fully saturated rings. The van der Waals surface area contributed by atoms with Crippen molar-refractivity contribution in [1.29, 1.82) is 0 Å². The van der Waals surface area contributed by atoms with Crippen molar-refractivity contribution in [2.24, 2.45) is 0 Å². The molecule has 8 nitrogen and oxygen atoms in total. The van der Waals surface area contributed by atoms with Gasteiger partial charge >= 0.3 is 0 Å². The summed E-state index contributed by atoms with van der Waals surface area (Å²) in [6.07, 6.45) is 0. The highest BCUT2D eigenvalue weighted by Crippen LogP contribution is 2.25. The van der Waals surface area contributed by atoms with Gasteiger partial charge in [0.1, 0.15) is 11.4 Å². The topological polar surface area (TPSA) is 95.6 Å². The van der Waals surface area contributed by atoms with Crippen molar-refractivity contribution in [3.63, 3.8) is 0 Å². The average molecular weight is 370 g/mol. The van der Waals surface area contributed by atoms with Gasteiger partial charge in [-0.3, -0.25) is 14.4 Å². The van der Waals surface area contributed by atoms with Crippen LogP contribution in [0.2, 0.25) is 0 Å². The number of carbonyl (C=O) groups is 2. The number of rotatable bonds is 3. The molecule has 1 aliphatic heterocycles. The number of aromatic nitrogens is 2. The number of ether oxygens (including phenoxy) is 1. The van der Waals surface area contributed by atoms with Crippen molar-refractivity contribution in [1.82, 2.24) is 20.0 Å². The van der Waals surface area contributed by atoms with Gasteiger partial charge in [-0.15, -0.1) is 0 Å². The van der Waals surface area contributed by atoms with Crippen molar-refractivity contribution in [3.8, 4) is 5.75 Å². The number of nitrogens with one attached hydrogen (secondary N) is 1. The third-order valence-electron chi connectivity index (χ3n) is 4.94. The molecule has 1 aromatic carbocycles. The van der Waals surface area contributed by atoms with Crippen LogP contribution in [0.5, 0.6) is 5.75 Å². The summed E-state index contributed by atoms with van der Waals surface area (Å²) in [5, 5.41) is 6.03. The number of nitrogens with zero attached hydrogens (tertiary/aromatic N) is 3. The first-order chi connectivity index (χ1) is 12.9. The first-order valence-corrected chi connectivity index (χ1v) is 8.71. The Kier molecular flexibility index (Phi) is 5.25. The van der Waals surface area contributed by atoms with E-state index in [0.29, 0.717) is 31.7 Å². The molecule has 1 saturated heterocycles. The van der Waals surface area contributed by atoms with Crippen molar-refractivity contribution in [2.75, 3.05) is 33.3 Å². The molecule has 1 N–H and O–H groups in total. The van der Waals surface area contributed by atoms with Crippen LogP contribution in [0.1, 0.15) is 32.0 Å². The Balaban J connectivity index is 1.68. The average Bonchev–Trinajstić information content (AvgIpc) is 2.70. The number of amides is 2. The van der Waals surface area contributed by atoms with Gasteiger partial charge in [-0.1, -0.05) is 0 Å². The molecule has 0 radical (unpaired) electrons. The van der Waals surface area contributed by atoms with Crippen LogP contribution >= 0.6 is 0 Å². The van der Waals surface area contributed by atoms with Crippen LogP contribution in [-0.4, -0.2) is 65.1 Å². The number of carbonyl (C=O) groups excluding carboxylic acids is 2. The molecule has 0 saturated carbocycles. The first kappa shape index (κ1) is 18.6. The maximum absolute atomic E-state index is 12.9. The largest absolute Gasteiger partial charge is 0.496 e. The molecular weight excluding hydrogens is 348 g/mol. The fourth-order valence-corrected chi connectivity index (χ4v) is 3.16. The number of hydrogen-bond acceptors (Lipinski definition) is 5. The molecule has 0 aliphatic carbocycles. The Morgan fingerprint density at radius 2 is 1.59 bits per heavy atom. The minimum absolute atomic E-state index is 0.0486. The van der Waals surface area contributed by atoms with Crippen molar-refractivity contribution in [3.05, 3.63) is 57.0 Å². The predicted octanol–water partition coefficient (Wildman–Crippen LogP) is 0.994. The van der Waals surface area contributed by atoms with E-state index in [0.717, 1.165) is 16.9 Å². The monoisotopic (exact) mass is 370 g/mol. The smallest absolute Gasteiger partial charge is 0.274 e. The summed E-state index contributed by atoms with van der Waals surface area (Å²) in [6.45, 7) is 5.56. The number of aromatic amines is 1. The van der Waals surface area contributed by atoms with Crippen molar-refractivity contribution in [2.45, 2.75) is 13.8 Å². The Labute approximate surface area is 156 Å². The van der Waals surface area contributed by atoms with Gasteiger partial charge in [0.25, 0.3) is 17.4 Å². The van der Waals surface area contributed by atoms with Crippen LogP contribution in [0.25, 0.3) is 0 Å². The summed E-state index contributed by atoms with van der Waals surface area (Å²) in [7, 11) is 1.61. The molecular formula is C19H22N4O4. The second kappa shape index (κ2) is 7.61. The van der Waals surface area contributed by atoms with E-state index >= 15 is 0 Å².